The lowest BCUT2D eigenvalue weighted by Gasteiger charge is -2.32. The summed E-state index contributed by atoms with van der Waals surface area (Å²) in [4.78, 5) is 18.7. The van der Waals surface area contributed by atoms with E-state index in [-0.39, 0.29) is 17.8 Å². The second-order valence-corrected chi connectivity index (χ2v) is 5.99. The van der Waals surface area contributed by atoms with Gasteiger partial charge in [0.05, 0.1) is 13.2 Å². The Morgan fingerprint density at radius 3 is 3.12 bits per heavy atom. The van der Waals surface area contributed by atoms with Crippen LogP contribution in [-0.2, 0) is 16.0 Å². The summed E-state index contributed by atoms with van der Waals surface area (Å²) in [5.41, 5.74) is 0.725. The predicted molar refractivity (Wildman–Crippen MR) is 80.9 cm³/mol. The summed E-state index contributed by atoms with van der Waals surface area (Å²) in [6.07, 6.45) is -0.587. The highest BCUT2D eigenvalue weighted by Crippen LogP contribution is 2.30. The van der Waals surface area contributed by atoms with E-state index in [1.54, 1.807) is 11.0 Å². The Labute approximate surface area is 137 Å². The highest BCUT2D eigenvalue weighted by molar-refractivity contribution is 5.82. The normalized spacial score (nSPS) is 23.0. The van der Waals surface area contributed by atoms with Crippen molar-refractivity contribution in [3.05, 3.63) is 41.2 Å². The maximum Gasteiger partial charge on any atom is 0.264 e. The Morgan fingerprint density at radius 2 is 2.33 bits per heavy atom. The molecule has 1 aromatic carbocycles. The SMILES string of the molecule is Cc1nc([C@@H]2CN(C(=O)[C@H]3Cc4cc(F)ccc4O3)CCO2)n[nH]1. The van der Waals surface area contributed by atoms with Crippen LogP contribution in [-0.4, -0.2) is 51.8 Å². The summed E-state index contributed by atoms with van der Waals surface area (Å²) in [6.45, 7) is 3.09. The molecule has 8 heteroatoms. The zero-order chi connectivity index (χ0) is 16.7. The van der Waals surface area contributed by atoms with Gasteiger partial charge in [0.15, 0.2) is 11.9 Å². The quantitative estimate of drug-likeness (QED) is 0.892. The van der Waals surface area contributed by atoms with Crippen molar-refractivity contribution in [2.45, 2.75) is 25.6 Å². The summed E-state index contributed by atoms with van der Waals surface area (Å²) in [5.74, 6) is 1.38. The van der Waals surface area contributed by atoms with Crippen LogP contribution in [0.2, 0.25) is 0 Å². The summed E-state index contributed by atoms with van der Waals surface area (Å²) in [6, 6.07) is 4.32. The molecule has 24 heavy (non-hydrogen) atoms. The largest absolute Gasteiger partial charge is 0.480 e. The first-order valence-electron chi connectivity index (χ1n) is 7.84. The maximum absolute atomic E-state index is 13.3. The zero-order valence-corrected chi connectivity index (χ0v) is 13.2. The summed E-state index contributed by atoms with van der Waals surface area (Å²) >= 11 is 0. The van der Waals surface area contributed by atoms with E-state index >= 15 is 0 Å². The zero-order valence-electron chi connectivity index (χ0n) is 13.2. The van der Waals surface area contributed by atoms with Gasteiger partial charge in [-0.1, -0.05) is 0 Å². The number of aromatic nitrogens is 3. The topological polar surface area (TPSA) is 80.3 Å². The molecule has 0 bridgehead atoms. The number of benzene rings is 1. The lowest BCUT2D eigenvalue weighted by atomic mass is 10.1. The van der Waals surface area contributed by atoms with E-state index in [0.29, 0.717) is 43.5 Å². The lowest BCUT2D eigenvalue weighted by molar-refractivity contribution is -0.146. The number of H-pyrrole nitrogens is 1. The first-order chi connectivity index (χ1) is 11.6. The van der Waals surface area contributed by atoms with Gasteiger partial charge < -0.3 is 14.4 Å². The summed E-state index contributed by atoms with van der Waals surface area (Å²) < 4.78 is 24.7. The summed E-state index contributed by atoms with van der Waals surface area (Å²) in [5, 5.41) is 6.88. The number of aryl methyl sites for hydroxylation is 1. The van der Waals surface area contributed by atoms with Gasteiger partial charge in [0.1, 0.15) is 23.5 Å². The van der Waals surface area contributed by atoms with Crippen molar-refractivity contribution in [2.24, 2.45) is 0 Å². The molecule has 0 spiro atoms. The molecule has 2 aliphatic heterocycles. The molecule has 2 aliphatic rings. The number of halogens is 1. The number of rotatable bonds is 2. The molecular formula is C16H17FN4O3. The van der Waals surface area contributed by atoms with Crippen LogP contribution in [0.3, 0.4) is 0 Å². The fourth-order valence-electron chi connectivity index (χ4n) is 3.07. The molecule has 1 amide bonds. The molecule has 1 saturated heterocycles. The average molecular weight is 332 g/mol. The van der Waals surface area contributed by atoms with E-state index in [1.165, 1.54) is 12.1 Å². The number of hydrogen-bond donors (Lipinski definition) is 1. The third-order valence-electron chi connectivity index (χ3n) is 4.25. The van der Waals surface area contributed by atoms with Crippen molar-refractivity contribution in [3.63, 3.8) is 0 Å². The van der Waals surface area contributed by atoms with E-state index in [1.807, 2.05) is 6.92 Å². The third kappa shape index (κ3) is 2.73. The standard InChI is InChI=1S/C16H17FN4O3/c1-9-18-15(20-19-9)14-8-21(4-5-23-14)16(22)13-7-10-6-11(17)2-3-12(10)24-13/h2-3,6,13-14H,4-5,7-8H2,1H3,(H,18,19,20)/t13-,14+/m1/s1. The number of hydrogen-bond acceptors (Lipinski definition) is 5. The van der Waals surface area contributed by atoms with Crippen LogP contribution >= 0.6 is 0 Å². The Bertz CT molecular complexity index is 778. The van der Waals surface area contributed by atoms with Crippen molar-refractivity contribution < 1.29 is 18.7 Å². The molecule has 0 unspecified atom stereocenters. The van der Waals surface area contributed by atoms with Crippen LogP contribution in [0.5, 0.6) is 5.75 Å². The molecule has 2 atom stereocenters. The fraction of sp³-hybridized carbons (Fsp3) is 0.438. The molecule has 1 N–H and O–H groups in total. The molecule has 4 rings (SSSR count). The van der Waals surface area contributed by atoms with Crippen LogP contribution in [0, 0.1) is 12.7 Å². The highest BCUT2D eigenvalue weighted by Gasteiger charge is 2.36. The van der Waals surface area contributed by atoms with E-state index in [0.717, 1.165) is 5.56 Å². The average Bonchev–Trinajstić information content (AvgIpc) is 3.20. The van der Waals surface area contributed by atoms with Crippen molar-refractivity contribution in [1.82, 2.24) is 20.1 Å². The van der Waals surface area contributed by atoms with Gasteiger partial charge in [-0.25, -0.2) is 9.37 Å². The van der Waals surface area contributed by atoms with Gasteiger partial charge in [0.2, 0.25) is 0 Å². The Balaban J connectivity index is 1.45. The number of nitrogens with zero attached hydrogens (tertiary/aromatic N) is 3. The van der Waals surface area contributed by atoms with Crippen LogP contribution in [0.1, 0.15) is 23.3 Å². The first-order valence-corrected chi connectivity index (χ1v) is 7.84. The van der Waals surface area contributed by atoms with Crippen LogP contribution < -0.4 is 4.74 Å². The highest BCUT2D eigenvalue weighted by atomic mass is 19.1. The van der Waals surface area contributed by atoms with Crippen molar-refractivity contribution in [1.29, 1.82) is 0 Å². The van der Waals surface area contributed by atoms with Gasteiger partial charge in [0.25, 0.3) is 5.91 Å². The predicted octanol–water partition coefficient (Wildman–Crippen LogP) is 1.16. The van der Waals surface area contributed by atoms with Gasteiger partial charge >= 0.3 is 0 Å². The molecule has 0 saturated carbocycles. The lowest BCUT2D eigenvalue weighted by Crippen LogP contribution is -2.48. The summed E-state index contributed by atoms with van der Waals surface area (Å²) in [7, 11) is 0. The van der Waals surface area contributed by atoms with Crippen LogP contribution in [0.4, 0.5) is 4.39 Å². The second-order valence-electron chi connectivity index (χ2n) is 5.99. The van der Waals surface area contributed by atoms with E-state index < -0.39 is 6.10 Å². The molecular weight excluding hydrogens is 315 g/mol. The minimum atomic E-state index is -0.616. The van der Waals surface area contributed by atoms with Crippen LogP contribution in [0.25, 0.3) is 0 Å². The molecule has 126 valence electrons. The van der Waals surface area contributed by atoms with E-state index in [4.69, 9.17) is 9.47 Å². The van der Waals surface area contributed by atoms with E-state index in [2.05, 4.69) is 15.2 Å². The monoisotopic (exact) mass is 332 g/mol. The number of aromatic amines is 1. The van der Waals surface area contributed by atoms with Crippen molar-refractivity contribution in [2.75, 3.05) is 19.7 Å². The minimum absolute atomic E-state index is 0.118. The molecule has 7 nitrogen and oxygen atoms in total. The van der Waals surface area contributed by atoms with E-state index in [9.17, 15) is 9.18 Å². The molecule has 1 fully saturated rings. The Morgan fingerprint density at radius 1 is 1.46 bits per heavy atom. The number of carbonyl (C=O) groups excluding carboxylic acids is 1. The number of ether oxygens (including phenoxy) is 2. The van der Waals surface area contributed by atoms with Gasteiger partial charge in [0, 0.05) is 18.5 Å². The number of nitrogens with one attached hydrogen (secondary N) is 1. The minimum Gasteiger partial charge on any atom is -0.480 e. The Kier molecular flexibility index (Phi) is 3.68. The van der Waals surface area contributed by atoms with Gasteiger partial charge in [-0.2, -0.15) is 5.10 Å². The van der Waals surface area contributed by atoms with Gasteiger partial charge in [-0.05, 0) is 25.1 Å². The molecule has 1 aromatic heterocycles. The fourth-order valence-corrected chi connectivity index (χ4v) is 3.07. The first kappa shape index (κ1) is 15.1. The number of morpholine rings is 1. The molecule has 3 heterocycles. The Hall–Kier alpha value is -2.48. The molecule has 0 aliphatic carbocycles. The second kappa shape index (κ2) is 5.86. The number of carbonyl (C=O) groups is 1. The maximum atomic E-state index is 13.3. The van der Waals surface area contributed by atoms with Crippen molar-refractivity contribution in [3.8, 4) is 5.75 Å². The number of fused-ring (bicyclic) bond motifs is 1. The van der Waals surface area contributed by atoms with Crippen molar-refractivity contribution >= 4 is 5.91 Å². The van der Waals surface area contributed by atoms with Gasteiger partial charge in [-0.3, -0.25) is 9.89 Å². The van der Waals surface area contributed by atoms with Crippen LogP contribution in [0.15, 0.2) is 18.2 Å². The molecule has 0 radical (unpaired) electrons. The third-order valence-corrected chi connectivity index (χ3v) is 4.25. The number of amides is 1. The van der Waals surface area contributed by atoms with Gasteiger partial charge in [-0.15, -0.1) is 0 Å². The molecule has 2 aromatic rings. The smallest absolute Gasteiger partial charge is 0.264 e.